The van der Waals surface area contributed by atoms with E-state index in [1.165, 1.54) is 21.0 Å². The molecule has 0 radical (unpaired) electrons. The molecule has 0 bridgehead atoms. The molecule has 20 nitrogen and oxygen atoms in total. The fraction of sp³-hybridized carbons (Fsp3) is 0.925. The molecule has 3 aliphatic heterocycles. The van der Waals surface area contributed by atoms with E-state index in [1.807, 2.05) is 27.7 Å². The lowest BCUT2D eigenvalue weighted by Crippen LogP contribution is -2.67. The number of hydrogen-bond donors (Lipinski definition) is 2. The summed E-state index contributed by atoms with van der Waals surface area (Å²) >= 11 is 0. The van der Waals surface area contributed by atoms with E-state index < -0.39 is 116 Å². The Morgan fingerprint density at radius 2 is 1.13 bits per heavy atom. The summed E-state index contributed by atoms with van der Waals surface area (Å²) in [5.41, 5.74) is 9.21. The molecule has 3 rings (SSSR count). The Morgan fingerprint density at radius 3 is 1.63 bits per heavy atom. The Kier molecular flexibility index (Phi) is 23.5. The van der Waals surface area contributed by atoms with E-state index >= 15 is 0 Å². The summed E-state index contributed by atoms with van der Waals surface area (Å²) in [4.78, 5) is 40.4. The van der Waals surface area contributed by atoms with Crippen molar-refractivity contribution in [1.29, 1.82) is 0 Å². The van der Waals surface area contributed by atoms with Crippen molar-refractivity contribution in [2.75, 3.05) is 46.8 Å². The Bertz CT molecular complexity index is 1330. The molecule has 20 heteroatoms. The van der Waals surface area contributed by atoms with Crippen LogP contribution in [-0.4, -0.2) is 161 Å². The van der Waals surface area contributed by atoms with Crippen molar-refractivity contribution in [3.8, 4) is 0 Å². The first-order valence-corrected chi connectivity index (χ1v) is 21.4. The molecule has 3 saturated heterocycles. The Labute approximate surface area is 353 Å². The highest BCUT2D eigenvalue weighted by molar-refractivity contribution is 5.75. The van der Waals surface area contributed by atoms with E-state index in [-0.39, 0.29) is 19.8 Å². The van der Waals surface area contributed by atoms with Crippen molar-refractivity contribution >= 4 is 17.9 Å². The van der Waals surface area contributed by atoms with Crippen LogP contribution in [0.25, 0.3) is 10.4 Å². The SMILES string of the molecule is CCCCOC1[C@H](O[C@H]2OC(COC(C)=O)[C@@H](OCCCC)[C@H](OCCCC)C2C)C(C(=O)OC)O[C@@H](O[C@@H]2C(COC(C)=O)OC(O)[C@@H](N=[N+]=[N-])C2O)[C@H]1OCCCC. The van der Waals surface area contributed by atoms with Gasteiger partial charge < -0.3 is 67.1 Å². The van der Waals surface area contributed by atoms with E-state index in [1.54, 1.807) is 0 Å². The second kappa shape index (κ2) is 27.4. The average Bonchev–Trinajstić information content (AvgIpc) is 3.22. The maximum absolute atomic E-state index is 13.8. The van der Waals surface area contributed by atoms with Gasteiger partial charge in [0.25, 0.3) is 0 Å². The number of aliphatic hydroxyl groups excluding tert-OH is 2. The van der Waals surface area contributed by atoms with Crippen LogP contribution in [0.2, 0.25) is 0 Å². The number of carbonyl (C=O) groups excluding carboxylic acids is 3. The highest BCUT2D eigenvalue weighted by atomic mass is 16.8. The minimum atomic E-state index is -1.78. The molecule has 0 aromatic heterocycles. The Balaban J connectivity index is 2.12. The molecule has 3 aliphatic rings. The fourth-order valence-electron chi connectivity index (χ4n) is 7.09. The molecule has 0 amide bonds. The van der Waals surface area contributed by atoms with E-state index in [0.717, 1.165) is 38.5 Å². The molecule has 3 heterocycles. The molecule has 7 unspecified atom stereocenters. The minimum absolute atomic E-state index is 0.158. The van der Waals surface area contributed by atoms with Crippen LogP contribution in [-0.2, 0) is 71.2 Å². The van der Waals surface area contributed by atoms with Gasteiger partial charge in [-0.1, -0.05) is 65.4 Å². The van der Waals surface area contributed by atoms with Gasteiger partial charge in [-0.25, -0.2) is 4.79 Å². The Morgan fingerprint density at radius 1 is 0.650 bits per heavy atom. The zero-order valence-electron chi connectivity index (χ0n) is 36.4. The van der Waals surface area contributed by atoms with Crippen LogP contribution in [0.5, 0.6) is 0 Å². The molecular formula is C40H69N3O17. The largest absolute Gasteiger partial charge is 0.467 e. The van der Waals surface area contributed by atoms with E-state index in [0.29, 0.717) is 26.1 Å². The highest BCUT2D eigenvalue weighted by Crippen LogP contribution is 2.38. The van der Waals surface area contributed by atoms with Gasteiger partial charge in [0.05, 0.1) is 19.3 Å². The van der Waals surface area contributed by atoms with Crippen LogP contribution in [0, 0.1) is 5.92 Å². The molecule has 0 spiro atoms. The maximum Gasteiger partial charge on any atom is 0.337 e. The van der Waals surface area contributed by atoms with Crippen molar-refractivity contribution in [3.05, 3.63) is 10.4 Å². The molecule has 346 valence electrons. The molecule has 0 saturated carbocycles. The minimum Gasteiger partial charge on any atom is -0.467 e. The molecule has 0 aliphatic carbocycles. The van der Waals surface area contributed by atoms with Crippen LogP contribution in [0.4, 0.5) is 0 Å². The summed E-state index contributed by atoms with van der Waals surface area (Å²) in [5.74, 6) is -2.55. The standard InChI is InChI=1S/C40H69N3O17/c1-9-13-17-50-30-23(5)39(57-27(22-55-25(7)45)32(30)51-18-14-10-2)59-34-33(52-19-15-11-3)36(53-20-16-12-4)40(60-35(34)38(48)49-8)58-31-26(21-54-24(6)44)56-37(47)28(29(31)46)42-43-41/h23,26-37,39-40,46-47H,9-22H2,1-8H3/t23?,26?,27?,28-,29?,30+,31+,32+,33?,34-,35?,36-,37?,39+,40+/m0/s1. The first kappa shape index (κ1) is 51.6. The van der Waals surface area contributed by atoms with Crippen LogP contribution in [0.3, 0.4) is 0 Å². The summed E-state index contributed by atoms with van der Waals surface area (Å²) in [6, 6.07) is -1.53. The van der Waals surface area contributed by atoms with Crippen LogP contribution in [0.1, 0.15) is 99.8 Å². The number of rotatable bonds is 26. The molecule has 3 fully saturated rings. The van der Waals surface area contributed by atoms with Gasteiger partial charge >= 0.3 is 17.9 Å². The van der Waals surface area contributed by atoms with Crippen molar-refractivity contribution in [2.45, 2.75) is 186 Å². The normalized spacial score (nSPS) is 34.3. The Hall–Kier alpha value is -2.72. The van der Waals surface area contributed by atoms with Crippen LogP contribution < -0.4 is 0 Å². The van der Waals surface area contributed by atoms with Crippen molar-refractivity contribution in [3.63, 3.8) is 0 Å². The van der Waals surface area contributed by atoms with Crippen molar-refractivity contribution in [2.24, 2.45) is 11.0 Å². The average molecular weight is 864 g/mol. The third-order valence-corrected chi connectivity index (χ3v) is 10.4. The second-order valence-electron chi connectivity index (χ2n) is 15.2. The molecule has 60 heavy (non-hydrogen) atoms. The monoisotopic (exact) mass is 863 g/mol. The van der Waals surface area contributed by atoms with E-state index in [2.05, 4.69) is 16.9 Å². The highest BCUT2D eigenvalue weighted by Gasteiger charge is 2.57. The quantitative estimate of drug-likeness (QED) is 0.0314. The summed E-state index contributed by atoms with van der Waals surface area (Å²) in [5, 5.41) is 25.6. The summed E-state index contributed by atoms with van der Waals surface area (Å²) in [6.45, 7) is 13.0. The number of methoxy groups -OCH3 is 1. The topological polar surface area (TPSA) is 251 Å². The van der Waals surface area contributed by atoms with Gasteiger partial charge in [0.15, 0.2) is 25.0 Å². The molecular weight excluding hydrogens is 794 g/mol. The van der Waals surface area contributed by atoms with Gasteiger partial charge in [-0.3, -0.25) is 9.59 Å². The smallest absolute Gasteiger partial charge is 0.337 e. The molecule has 2 N–H and O–H groups in total. The molecule has 0 aromatic rings. The number of ether oxygens (including phenoxy) is 12. The van der Waals surface area contributed by atoms with E-state index in [4.69, 9.17) is 56.8 Å². The van der Waals surface area contributed by atoms with Gasteiger partial charge in [-0.15, -0.1) is 0 Å². The zero-order chi connectivity index (χ0) is 44.2. The third kappa shape index (κ3) is 15.0. The van der Waals surface area contributed by atoms with Crippen LogP contribution >= 0.6 is 0 Å². The van der Waals surface area contributed by atoms with E-state index in [9.17, 15) is 30.1 Å². The van der Waals surface area contributed by atoms with Crippen molar-refractivity contribution < 1.29 is 81.4 Å². The number of azide groups is 1. The lowest BCUT2D eigenvalue weighted by atomic mass is 9.91. The lowest BCUT2D eigenvalue weighted by molar-refractivity contribution is -0.373. The number of aliphatic hydroxyl groups is 2. The summed E-state index contributed by atoms with van der Waals surface area (Å²) in [6.07, 6.45) is -9.86. The summed E-state index contributed by atoms with van der Waals surface area (Å²) in [7, 11) is 1.18. The molecule has 15 atom stereocenters. The van der Waals surface area contributed by atoms with Gasteiger partial charge in [-0.2, -0.15) is 0 Å². The van der Waals surface area contributed by atoms with Gasteiger partial charge in [-0.05, 0) is 31.2 Å². The number of unbranched alkanes of at least 4 members (excludes halogenated alkanes) is 4. The van der Waals surface area contributed by atoms with Gasteiger partial charge in [0, 0.05) is 51.1 Å². The lowest BCUT2D eigenvalue weighted by Gasteiger charge is -2.50. The number of carbonyl (C=O) groups is 3. The number of nitrogens with zero attached hydrogens (tertiary/aromatic N) is 3. The van der Waals surface area contributed by atoms with Crippen molar-refractivity contribution in [1.82, 2.24) is 0 Å². The van der Waals surface area contributed by atoms with Gasteiger partial charge in [0.1, 0.15) is 62.0 Å². The van der Waals surface area contributed by atoms with Gasteiger partial charge in [0.2, 0.25) is 0 Å². The fourth-order valence-corrected chi connectivity index (χ4v) is 7.09. The van der Waals surface area contributed by atoms with Crippen LogP contribution in [0.15, 0.2) is 5.11 Å². The predicted molar refractivity (Wildman–Crippen MR) is 210 cm³/mol. The number of hydrogen-bond acceptors (Lipinski definition) is 18. The maximum atomic E-state index is 13.8. The first-order chi connectivity index (χ1) is 28.9. The second-order valence-corrected chi connectivity index (χ2v) is 15.2. The zero-order valence-corrected chi connectivity index (χ0v) is 36.4. The molecule has 0 aromatic carbocycles. The number of esters is 3. The third-order valence-electron chi connectivity index (χ3n) is 10.4. The summed E-state index contributed by atoms with van der Waals surface area (Å²) < 4.78 is 73.5. The predicted octanol–water partition coefficient (Wildman–Crippen LogP) is 3.64. The first-order valence-electron chi connectivity index (χ1n) is 21.4.